The normalized spacial score (nSPS) is 16.5. The summed E-state index contributed by atoms with van der Waals surface area (Å²) in [5, 5.41) is 0. The molecule has 0 bridgehead atoms. The van der Waals surface area contributed by atoms with Crippen molar-refractivity contribution in [1.29, 1.82) is 0 Å². The van der Waals surface area contributed by atoms with Crippen LogP contribution in [0.3, 0.4) is 0 Å². The molecule has 0 radical (unpaired) electrons. The van der Waals surface area contributed by atoms with Crippen LogP contribution in [0.1, 0.15) is 27.9 Å². The Balaban J connectivity index is 1.62. The number of para-hydroxylation sites is 1. The van der Waals surface area contributed by atoms with Crippen LogP contribution >= 0.6 is 15.9 Å². The molecule has 1 atom stereocenters. The molecule has 27 heavy (non-hydrogen) atoms. The van der Waals surface area contributed by atoms with Crippen LogP contribution in [-0.4, -0.2) is 30.8 Å². The topological polar surface area (TPSA) is 63.7 Å². The maximum atomic E-state index is 12.4. The minimum Gasteiger partial charge on any atom is -0.457 e. The summed E-state index contributed by atoms with van der Waals surface area (Å²) in [4.78, 5) is 38.6. The van der Waals surface area contributed by atoms with E-state index in [0.717, 1.165) is 21.3 Å². The first-order chi connectivity index (χ1) is 12.9. The Morgan fingerprint density at radius 3 is 2.37 bits per heavy atom. The molecule has 1 fully saturated rings. The van der Waals surface area contributed by atoms with Gasteiger partial charge in [0.15, 0.2) is 12.4 Å². The summed E-state index contributed by atoms with van der Waals surface area (Å²) in [6, 6.07) is 12.7. The van der Waals surface area contributed by atoms with Gasteiger partial charge in [0.1, 0.15) is 0 Å². The van der Waals surface area contributed by atoms with Gasteiger partial charge in [-0.25, -0.2) is 0 Å². The van der Waals surface area contributed by atoms with Gasteiger partial charge in [-0.1, -0.05) is 46.3 Å². The lowest BCUT2D eigenvalue weighted by Gasteiger charge is -2.21. The van der Waals surface area contributed by atoms with Crippen molar-refractivity contribution in [3.05, 3.63) is 63.6 Å². The highest BCUT2D eigenvalue weighted by atomic mass is 79.9. The number of nitrogens with zero attached hydrogens (tertiary/aromatic N) is 1. The van der Waals surface area contributed by atoms with Crippen molar-refractivity contribution in [2.24, 2.45) is 5.92 Å². The third kappa shape index (κ3) is 4.27. The van der Waals surface area contributed by atoms with Gasteiger partial charge in [-0.2, -0.15) is 0 Å². The summed E-state index contributed by atoms with van der Waals surface area (Å²) in [5.41, 5.74) is 3.31. The fourth-order valence-electron chi connectivity index (χ4n) is 3.29. The summed E-state index contributed by atoms with van der Waals surface area (Å²) in [6.45, 7) is 3.83. The van der Waals surface area contributed by atoms with Crippen molar-refractivity contribution >= 4 is 39.3 Å². The van der Waals surface area contributed by atoms with Gasteiger partial charge in [0.2, 0.25) is 5.91 Å². The third-order valence-corrected chi connectivity index (χ3v) is 5.21. The van der Waals surface area contributed by atoms with E-state index >= 15 is 0 Å². The fraction of sp³-hybridized carbons (Fsp3) is 0.286. The molecule has 0 aliphatic carbocycles. The molecule has 0 N–H and O–H groups in total. The SMILES string of the molecule is Cc1cccc(C)c1N1C[C@H](C(=O)OCC(=O)c2ccc(Br)cc2)CC1=O. The Hall–Kier alpha value is -2.47. The lowest BCUT2D eigenvalue weighted by molar-refractivity contribution is -0.147. The molecule has 6 heteroatoms. The average Bonchev–Trinajstić information content (AvgIpc) is 3.01. The number of Topliss-reactive ketones (excluding diaryl/α,β-unsaturated/α-hetero) is 1. The van der Waals surface area contributed by atoms with E-state index in [2.05, 4.69) is 15.9 Å². The van der Waals surface area contributed by atoms with Gasteiger partial charge in [0, 0.05) is 28.7 Å². The first kappa shape index (κ1) is 19.3. The zero-order chi connectivity index (χ0) is 19.6. The number of ketones is 1. The number of hydrogen-bond donors (Lipinski definition) is 0. The van der Waals surface area contributed by atoms with E-state index in [1.54, 1.807) is 29.2 Å². The van der Waals surface area contributed by atoms with E-state index in [4.69, 9.17) is 4.74 Å². The summed E-state index contributed by atoms with van der Waals surface area (Å²) in [6.07, 6.45) is 0.0963. The van der Waals surface area contributed by atoms with E-state index in [0.29, 0.717) is 5.56 Å². The van der Waals surface area contributed by atoms with Crippen LogP contribution in [0.5, 0.6) is 0 Å². The first-order valence-corrected chi connectivity index (χ1v) is 9.48. The Labute approximate surface area is 166 Å². The van der Waals surface area contributed by atoms with Crippen molar-refractivity contribution < 1.29 is 19.1 Å². The standard InChI is InChI=1S/C21H20BrNO4/c1-13-4-3-5-14(2)20(13)23-11-16(10-19(23)25)21(26)27-12-18(24)15-6-8-17(22)9-7-15/h3-9,16H,10-12H2,1-2H3/t16-/m1/s1. The number of hydrogen-bond acceptors (Lipinski definition) is 4. The van der Waals surface area contributed by atoms with Crippen LogP contribution in [0.4, 0.5) is 5.69 Å². The van der Waals surface area contributed by atoms with Gasteiger partial charge < -0.3 is 9.64 Å². The second-order valence-corrected chi connectivity index (χ2v) is 7.60. The highest BCUT2D eigenvalue weighted by Gasteiger charge is 2.37. The minimum atomic E-state index is -0.561. The van der Waals surface area contributed by atoms with E-state index in [9.17, 15) is 14.4 Å². The van der Waals surface area contributed by atoms with Crippen LogP contribution in [0.15, 0.2) is 46.9 Å². The fourth-order valence-corrected chi connectivity index (χ4v) is 3.55. The van der Waals surface area contributed by atoms with E-state index in [1.807, 2.05) is 32.0 Å². The lowest BCUT2D eigenvalue weighted by Crippen LogP contribution is -2.28. The zero-order valence-electron chi connectivity index (χ0n) is 15.2. The number of amides is 1. The molecule has 140 valence electrons. The highest BCUT2D eigenvalue weighted by Crippen LogP contribution is 2.31. The smallest absolute Gasteiger partial charge is 0.311 e. The number of carbonyl (C=O) groups excluding carboxylic acids is 3. The molecule has 0 saturated carbocycles. The number of ether oxygens (including phenoxy) is 1. The molecule has 5 nitrogen and oxygen atoms in total. The molecule has 0 spiro atoms. The second kappa shape index (κ2) is 8.05. The molecule has 1 heterocycles. The molecule has 1 amide bonds. The molecule has 1 aliphatic rings. The first-order valence-electron chi connectivity index (χ1n) is 8.69. The Morgan fingerprint density at radius 2 is 1.74 bits per heavy atom. The Morgan fingerprint density at radius 1 is 1.11 bits per heavy atom. The molecule has 0 aromatic heterocycles. The average molecular weight is 430 g/mol. The summed E-state index contributed by atoms with van der Waals surface area (Å²) in [5.74, 6) is -1.45. The quantitative estimate of drug-likeness (QED) is 0.534. The van der Waals surface area contributed by atoms with Crippen LogP contribution in [0, 0.1) is 19.8 Å². The monoisotopic (exact) mass is 429 g/mol. The Bertz CT molecular complexity index is 871. The number of benzene rings is 2. The minimum absolute atomic E-state index is 0.0963. The molecule has 0 unspecified atom stereocenters. The molecule has 3 rings (SSSR count). The van der Waals surface area contributed by atoms with Gasteiger partial charge in [-0.15, -0.1) is 0 Å². The number of rotatable bonds is 5. The predicted octanol–water partition coefficient (Wildman–Crippen LogP) is 3.84. The zero-order valence-corrected chi connectivity index (χ0v) is 16.8. The maximum Gasteiger partial charge on any atom is 0.311 e. The second-order valence-electron chi connectivity index (χ2n) is 6.68. The molecular weight excluding hydrogens is 410 g/mol. The van der Waals surface area contributed by atoms with Crippen LogP contribution in [-0.2, 0) is 14.3 Å². The molecule has 1 aliphatic heterocycles. The predicted molar refractivity (Wildman–Crippen MR) is 106 cm³/mol. The molecule has 2 aromatic rings. The van der Waals surface area contributed by atoms with Crippen molar-refractivity contribution in [2.45, 2.75) is 20.3 Å². The maximum absolute atomic E-state index is 12.4. The number of esters is 1. The number of aryl methyl sites for hydroxylation is 2. The van der Waals surface area contributed by atoms with E-state index < -0.39 is 11.9 Å². The van der Waals surface area contributed by atoms with E-state index in [-0.39, 0.29) is 31.3 Å². The van der Waals surface area contributed by atoms with Crippen LogP contribution in [0.2, 0.25) is 0 Å². The van der Waals surface area contributed by atoms with Gasteiger partial charge >= 0.3 is 5.97 Å². The van der Waals surface area contributed by atoms with Crippen molar-refractivity contribution in [3.63, 3.8) is 0 Å². The summed E-state index contributed by atoms with van der Waals surface area (Å²) < 4.78 is 6.05. The molecule has 1 saturated heterocycles. The summed E-state index contributed by atoms with van der Waals surface area (Å²) >= 11 is 3.31. The number of carbonyl (C=O) groups is 3. The summed E-state index contributed by atoms with van der Waals surface area (Å²) in [7, 11) is 0. The van der Waals surface area contributed by atoms with Gasteiger partial charge in [0.05, 0.1) is 5.92 Å². The molecule has 2 aromatic carbocycles. The van der Waals surface area contributed by atoms with Crippen molar-refractivity contribution in [1.82, 2.24) is 0 Å². The van der Waals surface area contributed by atoms with Crippen molar-refractivity contribution in [3.8, 4) is 0 Å². The van der Waals surface area contributed by atoms with Gasteiger partial charge in [-0.3, -0.25) is 14.4 Å². The van der Waals surface area contributed by atoms with Crippen molar-refractivity contribution in [2.75, 3.05) is 18.1 Å². The lowest BCUT2D eigenvalue weighted by atomic mass is 10.1. The van der Waals surface area contributed by atoms with Gasteiger partial charge in [-0.05, 0) is 37.1 Å². The number of anilines is 1. The molecular formula is C21H20BrNO4. The third-order valence-electron chi connectivity index (χ3n) is 4.68. The van der Waals surface area contributed by atoms with Crippen LogP contribution in [0.25, 0.3) is 0 Å². The van der Waals surface area contributed by atoms with Crippen LogP contribution < -0.4 is 4.90 Å². The van der Waals surface area contributed by atoms with E-state index in [1.165, 1.54) is 0 Å². The Kier molecular flexibility index (Phi) is 5.75. The highest BCUT2D eigenvalue weighted by molar-refractivity contribution is 9.10. The number of halogens is 1. The largest absolute Gasteiger partial charge is 0.457 e. The van der Waals surface area contributed by atoms with Gasteiger partial charge in [0.25, 0.3) is 0 Å².